The van der Waals surface area contributed by atoms with Gasteiger partial charge in [-0.05, 0) is 82.0 Å². The van der Waals surface area contributed by atoms with Crippen molar-refractivity contribution in [2.75, 3.05) is 23.3 Å². The van der Waals surface area contributed by atoms with Crippen molar-refractivity contribution < 1.29 is 18.7 Å². The third-order valence-corrected chi connectivity index (χ3v) is 5.07. The summed E-state index contributed by atoms with van der Waals surface area (Å²) in [6, 6.07) is 9.79. The van der Waals surface area contributed by atoms with Crippen molar-refractivity contribution in [3.05, 3.63) is 58.9 Å². The van der Waals surface area contributed by atoms with Crippen molar-refractivity contribution in [1.82, 2.24) is 5.32 Å². The third-order valence-electron chi connectivity index (χ3n) is 5.07. The van der Waals surface area contributed by atoms with E-state index in [4.69, 9.17) is 4.74 Å². The standard InChI is InChI=1S/C24H30FN3O3/c1-16-13-19(9-7-17(16)15-26-23(30)31-24(2,3)4)27-22(29)20-14-18(25)8-10-21(20)28-11-5-6-12-28/h7-10,13-14H,5-6,11-12,15H2,1-4H3,(H,26,30)(H,27,29). The van der Waals surface area contributed by atoms with E-state index in [1.165, 1.54) is 12.1 Å². The fourth-order valence-corrected chi connectivity index (χ4v) is 3.58. The predicted molar refractivity (Wildman–Crippen MR) is 120 cm³/mol. The highest BCUT2D eigenvalue weighted by Gasteiger charge is 2.21. The summed E-state index contributed by atoms with van der Waals surface area (Å²) in [4.78, 5) is 26.9. The number of benzene rings is 2. The third kappa shape index (κ3) is 6.20. The number of nitrogens with one attached hydrogen (secondary N) is 2. The van der Waals surface area contributed by atoms with Gasteiger partial charge in [-0.2, -0.15) is 0 Å². The highest BCUT2D eigenvalue weighted by Crippen LogP contribution is 2.27. The van der Waals surface area contributed by atoms with Crippen LogP contribution in [0.1, 0.15) is 55.1 Å². The number of hydrogen-bond acceptors (Lipinski definition) is 4. The lowest BCUT2D eigenvalue weighted by atomic mass is 10.1. The van der Waals surface area contributed by atoms with Crippen molar-refractivity contribution in [3.63, 3.8) is 0 Å². The first-order valence-electron chi connectivity index (χ1n) is 10.5. The van der Waals surface area contributed by atoms with Gasteiger partial charge < -0.3 is 20.3 Å². The predicted octanol–water partition coefficient (Wildman–Crippen LogP) is 5.01. The Balaban J connectivity index is 1.68. The molecule has 0 bridgehead atoms. The zero-order valence-corrected chi connectivity index (χ0v) is 18.5. The van der Waals surface area contributed by atoms with Gasteiger partial charge in [0.15, 0.2) is 0 Å². The summed E-state index contributed by atoms with van der Waals surface area (Å²) in [5.74, 6) is -0.784. The molecule has 2 aromatic rings. The van der Waals surface area contributed by atoms with Crippen molar-refractivity contribution in [1.29, 1.82) is 0 Å². The van der Waals surface area contributed by atoms with Gasteiger partial charge in [0, 0.05) is 31.0 Å². The first-order valence-corrected chi connectivity index (χ1v) is 10.5. The summed E-state index contributed by atoms with van der Waals surface area (Å²) in [6.45, 7) is 9.38. The van der Waals surface area contributed by atoms with Crippen LogP contribution in [0.25, 0.3) is 0 Å². The van der Waals surface area contributed by atoms with Gasteiger partial charge in [0.25, 0.3) is 5.91 Å². The van der Waals surface area contributed by atoms with Gasteiger partial charge in [-0.15, -0.1) is 0 Å². The molecular weight excluding hydrogens is 397 g/mol. The average Bonchev–Trinajstić information content (AvgIpc) is 3.20. The number of ether oxygens (including phenoxy) is 1. The van der Waals surface area contributed by atoms with Crippen molar-refractivity contribution in [2.45, 2.75) is 52.7 Å². The summed E-state index contributed by atoms with van der Waals surface area (Å²) in [5, 5.41) is 5.60. The van der Waals surface area contributed by atoms with E-state index in [0.717, 1.165) is 42.7 Å². The minimum absolute atomic E-state index is 0.317. The van der Waals surface area contributed by atoms with Crippen LogP contribution in [0.15, 0.2) is 36.4 Å². The minimum atomic E-state index is -0.557. The Morgan fingerprint density at radius 2 is 1.81 bits per heavy atom. The molecule has 0 unspecified atom stereocenters. The normalized spacial score (nSPS) is 13.8. The van der Waals surface area contributed by atoms with Crippen LogP contribution < -0.4 is 15.5 Å². The average molecular weight is 428 g/mol. The Kier molecular flexibility index (Phi) is 6.83. The lowest BCUT2D eigenvalue weighted by Crippen LogP contribution is -2.32. The van der Waals surface area contributed by atoms with Crippen LogP contribution in [0.5, 0.6) is 0 Å². The van der Waals surface area contributed by atoms with Crippen LogP contribution in [0.3, 0.4) is 0 Å². The second-order valence-corrected chi connectivity index (χ2v) is 8.81. The Morgan fingerprint density at radius 1 is 1.10 bits per heavy atom. The fourth-order valence-electron chi connectivity index (χ4n) is 3.58. The molecule has 3 rings (SSSR count). The first-order chi connectivity index (χ1) is 14.6. The molecule has 2 aromatic carbocycles. The Bertz CT molecular complexity index is 963. The maximum Gasteiger partial charge on any atom is 0.407 e. The zero-order valence-electron chi connectivity index (χ0n) is 18.5. The molecule has 2 amide bonds. The zero-order chi connectivity index (χ0) is 22.6. The summed E-state index contributed by atoms with van der Waals surface area (Å²) in [6.07, 6.45) is 1.65. The van der Waals surface area contributed by atoms with Crippen LogP contribution in [-0.2, 0) is 11.3 Å². The van der Waals surface area contributed by atoms with Crippen molar-refractivity contribution >= 4 is 23.4 Å². The van der Waals surface area contributed by atoms with E-state index in [-0.39, 0.29) is 5.91 Å². The number of amides is 2. The maximum absolute atomic E-state index is 13.9. The van der Waals surface area contributed by atoms with Gasteiger partial charge in [-0.3, -0.25) is 4.79 Å². The molecule has 0 saturated carbocycles. The largest absolute Gasteiger partial charge is 0.444 e. The van der Waals surface area contributed by atoms with Crippen molar-refractivity contribution in [3.8, 4) is 0 Å². The number of alkyl carbamates (subject to hydrolysis) is 1. The summed E-state index contributed by atoms with van der Waals surface area (Å²) < 4.78 is 19.1. The van der Waals surface area contributed by atoms with E-state index < -0.39 is 17.5 Å². The fraction of sp³-hybridized carbons (Fsp3) is 0.417. The van der Waals surface area contributed by atoms with E-state index in [9.17, 15) is 14.0 Å². The van der Waals surface area contributed by atoms with E-state index in [1.807, 2.05) is 39.8 Å². The first kappa shape index (κ1) is 22.6. The van der Waals surface area contributed by atoms with E-state index in [2.05, 4.69) is 15.5 Å². The van der Waals surface area contributed by atoms with Gasteiger partial charge in [-0.1, -0.05) is 6.07 Å². The van der Waals surface area contributed by atoms with E-state index >= 15 is 0 Å². The molecule has 1 aliphatic rings. The number of aryl methyl sites for hydroxylation is 1. The molecule has 0 atom stereocenters. The Morgan fingerprint density at radius 3 is 2.45 bits per heavy atom. The quantitative estimate of drug-likeness (QED) is 0.704. The molecule has 166 valence electrons. The molecule has 0 aromatic heterocycles. The number of nitrogens with zero attached hydrogens (tertiary/aromatic N) is 1. The number of carbonyl (C=O) groups is 2. The minimum Gasteiger partial charge on any atom is -0.444 e. The Labute approximate surface area is 182 Å². The van der Waals surface area contributed by atoms with Crippen molar-refractivity contribution in [2.24, 2.45) is 0 Å². The molecule has 0 aliphatic carbocycles. The second kappa shape index (κ2) is 9.37. The lowest BCUT2D eigenvalue weighted by Gasteiger charge is -2.21. The number of anilines is 2. The van der Waals surface area contributed by atoms with Crippen LogP contribution in [0.2, 0.25) is 0 Å². The molecule has 31 heavy (non-hydrogen) atoms. The molecule has 0 radical (unpaired) electrons. The molecule has 0 spiro atoms. The molecule has 1 heterocycles. The number of carbonyl (C=O) groups excluding carboxylic acids is 2. The summed E-state index contributed by atoms with van der Waals surface area (Å²) in [7, 11) is 0. The molecule has 7 heteroatoms. The van der Waals surface area contributed by atoms with E-state index in [1.54, 1.807) is 12.1 Å². The smallest absolute Gasteiger partial charge is 0.407 e. The van der Waals surface area contributed by atoms with Gasteiger partial charge in [0.2, 0.25) is 0 Å². The molecule has 1 fully saturated rings. The number of hydrogen-bond donors (Lipinski definition) is 2. The van der Waals surface area contributed by atoms with Crippen LogP contribution in [0, 0.1) is 12.7 Å². The molecular formula is C24H30FN3O3. The maximum atomic E-state index is 13.9. The van der Waals surface area contributed by atoms with Gasteiger partial charge in [0.05, 0.1) is 5.56 Å². The molecule has 1 saturated heterocycles. The summed E-state index contributed by atoms with van der Waals surface area (Å²) >= 11 is 0. The van der Waals surface area contributed by atoms with Gasteiger partial charge >= 0.3 is 6.09 Å². The SMILES string of the molecule is Cc1cc(NC(=O)c2cc(F)ccc2N2CCCC2)ccc1CNC(=O)OC(C)(C)C. The number of rotatable bonds is 5. The Hall–Kier alpha value is -3.09. The van der Waals surface area contributed by atoms with Gasteiger partial charge in [0.1, 0.15) is 11.4 Å². The van der Waals surface area contributed by atoms with Gasteiger partial charge in [-0.25, -0.2) is 9.18 Å². The van der Waals surface area contributed by atoms with Crippen LogP contribution in [-0.4, -0.2) is 30.7 Å². The van der Waals surface area contributed by atoms with Crippen LogP contribution in [0.4, 0.5) is 20.6 Å². The number of halogens is 1. The molecule has 1 aliphatic heterocycles. The molecule has 6 nitrogen and oxygen atoms in total. The summed E-state index contributed by atoms with van der Waals surface area (Å²) in [5.41, 5.74) is 2.96. The van der Waals surface area contributed by atoms with E-state index in [0.29, 0.717) is 17.8 Å². The topological polar surface area (TPSA) is 70.7 Å². The highest BCUT2D eigenvalue weighted by atomic mass is 19.1. The lowest BCUT2D eigenvalue weighted by molar-refractivity contribution is 0.0523. The second-order valence-electron chi connectivity index (χ2n) is 8.81. The van der Waals surface area contributed by atoms with Crippen LogP contribution >= 0.6 is 0 Å². The highest BCUT2D eigenvalue weighted by molar-refractivity contribution is 6.08. The monoisotopic (exact) mass is 427 g/mol. The molecule has 2 N–H and O–H groups in total.